The van der Waals surface area contributed by atoms with E-state index in [1.807, 2.05) is 17.5 Å². The van der Waals surface area contributed by atoms with Crippen LogP contribution in [-0.2, 0) is 31.2 Å². The van der Waals surface area contributed by atoms with Crippen molar-refractivity contribution in [2.75, 3.05) is 5.75 Å². The number of nitrogens with zero attached hydrogens (tertiary/aromatic N) is 2. The van der Waals surface area contributed by atoms with Gasteiger partial charge in [0.1, 0.15) is 4.83 Å². The number of rotatable bonds is 5. The average molecular weight is 392 g/mol. The Morgan fingerprint density at radius 3 is 3.12 bits per heavy atom. The zero-order chi connectivity index (χ0) is 17.4. The van der Waals surface area contributed by atoms with Crippen molar-refractivity contribution in [2.45, 2.75) is 31.0 Å². The normalized spacial score (nSPS) is 13.3. The Morgan fingerprint density at radius 1 is 1.44 bits per heavy atom. The number of hydrogen-bond acceptors (Lipinski definition) is 6. The molecule has 1 N–H and O–H groups in total. The molecule has 3 aromatic heterocycles. The summed E-state index contributed by atoms with van der Waals surface area (Å²) in [6.45, 7) is 0.542. The number of thioether (sulfide) groups is 1. The van der Waals surface area contributed by atoms with Crippen LogP contribution in [0.2, 0.25) is 0 Å². The van der Waals surface area contributed by atoms with E-state index in [9.17, 15) is 9.59 Å². The monoisotopic (exact) mass is 391 g/mol. The first-order valence-corrected chi connectivity index (χ1v) is 10.7. The van der Waals surface area contributed by atoms with E-state index in [0.29, 0.717) is 11.7 Å². The average Bonchev–Trinajstić information content (AvgIpc) is 3.31. The Balaban J connectivity index is 1.49. The molecule has 1 aliphatic rings. The highest BCUT2D eigenvalue weighted by atomic mass is 32.2. The summed E-state index contributed by atoms with van der Waals surface area (Å²) >= 11 is 4.56. The fraction of sp³-hybridized carbons (Fsp3) is 0.353. The number of carbonyl (C=O) groups excluding carboxylic acids is 1. The Morgan fingerprint density at radius 2 is 2.32 bits per heavy atom. The van der Waals surface area contributed by atoms with Crippen molar-refractivity contribution in [3.8, 4) is 0 Å². The van der Waals surface area contributed by atoms with Crippen LogP contribution in [0, 0.1) is 0 Å². The van der Waals surface area contributed by atoms with Gasteiger partial charge in [0.2, 0.25) is 5.91 Å². The molecule has 0 fully saturated rings. The second kappa shape index (κ2) is 6.93. The molecule has 8 heteroatoms. The summed E-state index contributed by atoms with van der Waals surface area (Å²) in [5.74, 6) is 0.198. The van der Waals surface area contributed by atoms with Crippen LogP contribution in [0.3, 0.4) is 0 Å². The van der Waals surface area contributed by atoms with Gasteiger partial charge < -0.3 is 5.32 Å². The zero-order valence-corrected chi connectivity index (χ0v) is 16.2. The summed E-state index contributed by atoms with van der Waals surface area (Å²) in [5.41, 5.74) is 1.20. The van der Waals surface area contributed by atoms with Gasteiger partial charge in [0, 0.05) is 16.8 Å². The van der Waals surface area contributed by atoms with E-state index in [4.69, 9.17) is 0 Å². The summed E-state index contributed by atoms with van der Waals surface area (Å²) in [6.07, 6.45) is 3.15. The van der Waals surface area contributed by atoms with Gasteiger partial charge in [-0.15, -0.1) is 22.7 Å². The number of fused-ring (bicyclic) bond motifs is 3. The van der Waals surface area contributed by atoms with Gasteiger partial charge in [-0.05, 0) is 36.3 Å². The molecule has 0 saturated carbocycles. The number of hydrogen-bond donors (Lipinski definition) is 1. The van der Waals surface area contributed by atoms with E-state index in [1.54, 1.807) is 34.3 Å². The predicted octanol–water partition coefficient (Wildman–Crippen LogP) is 2.95. The lowest BCUT2D eigenvalue weighted by Crippen LogP contribution is -2.25. The molecule has 25 heavy (non-hydrogen) atoms. The van der Waals surface area contributed by atoms with Gasteiger partial charge in [0.15, 0.2) is 5.16 Å². The molecule has 0 radical (unpaired) electrons. The van der Waals surface area contributed by atoms with Crippen molar-refractivity contribution < 1.29 is 4.79 Å². The lowest BCUT2D eigenvalue weighted by atomic mass is 10.2. The topological polar surface area (TPSA) is 64.0 Å². The number of amides is 1. The third-order valence-corrected chi connectivity index (χ3v) is 7.37. The quantitative estimate of drug-likeness (QED) is 0.536. The third-order valence-electron chi connectivity index (χ3n) is 4.28. The maximum Gasteiger partial charge on any atom is 0.262 e. The molecule has 0 spiro atoms. The summed E-state index contributed by atoms with van der Waals surface area (Å²) in [5, 5.41) is 6.27. The number of aromatic nitrogens is 2. The zero-order valence-electron chi connectivity index (χ0n) is 13.7. The third kappa shape index (κ3) is 3.26. The first-order valence-electron chi connectivity index (χ1n) is 8.06. The van der Waals surface area contributed by atoms with Gasteiger partial charge in [-0.3, -0.25) is 14.2 Å². The van der Waals surface area contributed by atoms with Crippen LogP contribution in [0.25, 0.3) is 10.2 Å². The van der Waals surface area contributed by atoms with Gasteiger partial charge in [-0.25, -0.2) is 4.98 Å². The maximum atomic E-state index is 12.7. The molecule has 1 aliphatic carbocycles. The second-order valence-electron chi connectivity index (χ2n) is 5.94. The number of nitrogens with one attached hydrogen (secondary N) is 1. The van der Waals surface area contributed by atoms with Crippen LogP contribution in [-0.4, -0.2) is 21.2 Å². The molecule has 0 atom stereocenters. The molecule has 0 bridgehead atoms. The van der Waals surface area contributed by atoms with E-state index in [0.717, 1.165) is 34.4 Å². The van der Waals surface area contributed by atoms with Crippen molar-refractivity contribution in [1.29, 1.82) is 0 Å². The van der Waals surface area contributed by atoms with Crippen molar-refractivity contribution >= 4 is 50.6 Å². The van der Waals surface area contributed by atoms with Crippen LogP contribution >= 0.6 is 34.4 Å². The molecule has 5 nitrogen and oxygen atoms in total. The van der Waals surface area contributed by atoms with Crippen LogP contribution in [0.5, 0.6) is 0 Å². The fourth-order valence-electron chi connectivity index (χ4n) is 3.01. The lowest BCUT2D eigenvalue weighted by Gasteiger charge is -2.08. The molecule has 0 aliphatic heterocycles. The van der Waals surface area contributed by atoms with Gasteiger partial charge in [-0.2, -0.15) is 0 Å². The Bertz CT molecular complexity index is 989. The second-order valence-corrected chi connectivity index (χ2v) is 9.00. The van der Waals surface area contributed by atoms with Gasteiger partial charge in [-0.1, -0.05) is 17.8 Å². The largest absolute Gasteiger partial charge is 0.350 e. The van der Waals surface area contributed by atoms with Crippen molar-refractivity contribution in [2.24, 2.45) is 7.05 Å². The van der Waals surface area contributed by atoms with Crippen LogP contribution in [0.4, 0.5) is 0 Å². The molecular weight excluding hydrogens is 374 g/mol. The minimum atomic E-state index is -0.0542. The van der Waals surface area contributed by atoms with Gasteiger partial charge in [0.05, 0.1) is 17.7 Å². The minimum absolute atomic E-state index is 0.00546. The highest BCUT2D eigenvalue weighted by Crippen LogP contribution is 2.35. The van der Waals surface area contributed by atoms with Gasteiger partial charge >= 0.3 is 0 Å². The van der Waals surface area contributed by atoms with Crippen molar-refractivity contribution in [1.82, 2.24) is 14.9 Å². The lowest BCUT2D eigenvalue weighted by molar-refractivity contribution is -0.118. The summed E-state index contributed by atoms with van der Waals surface area (Å²) < 4.78 is 1.57. The van der Waals surface area contributed by atoms with Crippen LogP contribution in [0.15, 0.2) is 27.5 Å². The number of aryl methyl sites for hydroxylation is 2. The summed E-state index contributed by atoms with van der Waals surface area (Å²) in [4.78, 5) is 32.6. The molecule has 3 aromatic rings. The summed E-state index contributed by atoms with van der Waals surface area (Å²) in [6, 6.07) is 3.96. The Labute approximate surface area is 157 Å². The standard InChI is InChI=1S/C17H17N3O2S3/c1-20-16(22)14-11-5-2-6-12(11)25-15(14)19-17(20)24-9-13(21)18-8-10-4-3-7-23-10/h3-4,7H,2,5-6,8-9H2,1H3,(H,18,21). The molecule has 0 aromatic carbocycles. The SMILES string of the molecule is Cn1c(SCC(=O)NCc2cccs2)nc2sc3c(c2c1=O)CCC3. The summed E-state index contributed by atoms with van der Waals surface area (Å²) in [7, 11) is 1.74. The van der Waals surface area contributed by atoms with Crippen LogP contribution < -0.4 is 10.9 Å². The van der Waals surface area contributed by atoms with E-state index in [1.165, 1.54) is 22.2 Å². The number of thiophene rings is 2. The Kier molecular flexibility index (Phi) is 4.66. The molecular formula is C17H17N3O2S3. The van der Waals surface area contributed by atoms with E-state index < -0.39 is 0 Å². The first kappa shape index (κ1) is 16.8. The minimum Gasteiger partial charge on any atom is -0.350 e. The molecule has 4 rings (SSSR count). The molecule has 1 amide bonds. The van der Waals surface area contributed by atoms with E-state index >= 15 is 0 Å². The maximum absolute atomic E-state index is 12.7. The first-order chi connectivity index (χ1) is 12.1. The smallest absolute Gasteiger partial charge is 0.262 e. The highest BCUT2D eigenvalue weighted by molar-refractivity contribution is 7.99. The van der Waals surface area contributed by atoms with Crippen molar-refractivity contribution in [3.63, 3.8) is 0 Å². The van der Waals surface area contributed by atoms with Gasteiger partial charge in [0.25, 0.3) is 5.56 Å². The van der Waals surface area contributed by atoms with Crippen LogP contribution in [0.1, 0.15) is 21.7 Å². The number of carbonyl (C=O) groups is 1. The molecule has 0 saturated heterocycles. The predicted molar refractivity (Wildman–Crippen MR) is 104 cm³/mol. The Hall–Kier alpha value is -1.64. The van der Waals surface area contributed by atoms with Crippen molar-refractivity contribution in [3.05, 3.63) is 43.2 Å². The molecule has 0 unspecified atom stereocenters. The molecule has 3 heterocycles. The van der Waals surface area contributed by atoms with E-state index in [2.05, 4.69) is 10.3 Å². The molecule has 130 valence electrons. The fourth-order valence-corrected chi connectivity index (χ4v) is 5.76. The highest BCUT2D eigenvalue weighted by Gasteiger charge is 2.22. The van der Waals surface area contributed by atoms with E-state index in [-0.39, 0.29) is 17.2 Å².